The van der Waals surface area contributed by atoms with E-state index in [0.29, 0.717) is 18.6 Å². The lowest BCUT2D eigenvalue weighted by atomic mass is 10.1. The Bertz CT molecular complexity index is 759. The molecular weight excluding hydrogens is 338 g/mol. The molecule has 1 aromatic heterocycles. The Hall–Kier alpha value is -2.34. The van der Waals surface area contributed by atoms with Crippen molar-refractivity contribution in [2.75, 3.05) is 26.2 Å². The van der Waals surface area contributed by atoms with Crippen LogP contribution >= 0.6 is 0 Å². The smallest absolute Gasteiger partial charge is 0.317 e. The van der Waals surface area contributed by atoms with Crippen molar-refractivity contribution in [2.24, 2.45) is 0 Å². The standard InChI is InChI=1S/C21H29N5O/c1-2-24-14-12-19-8-9-20(16-24)26(19)21(27)22-13-10-17-11-15-25(23-17)18-6-4-3-5-7-18/h3-7,11,15,19-20H,2,8-10,12-14,16H2,1H3,(H,22,27). The minimum absolute atomic E-state index is 0.0999. The summed E-state index contributed by atoms with van der Waals surface area (Å²) >= 11 is 0. The number of nitrogens with one attached hydrogen (secondary N) is 1. The molecule has 2 saturated heterocycles. The van der Waals surface area contributed by atoms with Crippen LogP contribution in [-0.2, 0) is 6.42 Å². The van der Waals surface area contributed by atoms with E-state index in [-0.39, 0.29) is 6.03 Å². The number of para-hydroxylation sites is 1. The summed E-state index contributed by atoms with van der Waals surface area (Å²) in [7, 11) is 0. The van der Waals surface area contributed by atoms with Crippen LogP contribution in [0.15, 0.2) is 42.6 Å². The quantitative estimate of drug-likeness (QED) is 0.884. The van der Waals surface area contributed by atoms with E-state index in [1.54, 1.807) is 0 Å². The normalized spacial score (nSPS) is 22.6. The minimum Gasteiger partial charge on any atom is -0.338 e. The maximum absolute atomic E-state index is 12.8. The molecule has 2 amide bonds. The molecule has 0 radical (unpaired) electrons. The van der Waals surface area contributed by atoms with Gasteiger partial charge in [0.2, 0.25) is 0 Å². The van der Waals surface area contributed by atoms with Crippen molar-refractivity contribution in [3.8, 4) is 5.69 Å². The van der Waals surface area contributed by atoms with Crippen LogP contribution in [0.1, 0.15) is 31.9 Å². The van der Waals surface area contributed by atoms with E-state index < -0.39 is 0 Å². The first-order chi connectivity index (χ1) is 13.2. The largest absolute Gasteiger partial charge is 0.338 e. The number of fused-ring (bicyclic) bond motifs is 2. The molecule has 27 heavy (non-hydrogen) atoms. The summed E-state index contributed by atoms with van der Waals surface area (Å²) in [4.78, 5) is 17.4. The van der Waals surface area contributed by atoms with Crippen LogP contribution in [0.25, 0.3) is 5.69 Å². The monoisotopic (exact) mass is 367 g/mol. The zero-order chi connectivity index (χ0) is 18.6. The number of nitrogens with zero attached hydrogens (tertiary/aromatic N) is 4. The maximum atomic E-state index is 12.8. The molecule has 2 fully saturated rings. The SMILES string of the molecule is CCN1CCC2CCC(C1)N2C(=O)NCCc1ccn(-c2ccccc2)n1. The third-order valence-corrected chi connectivity index (χ3v) is 5.87. The molecular formula is C21H29N5O. The maximum Gasteiger partial charge on any atom is 0.317 e. The number of carbonyl (C=O) groups excluding carboxylic acids is 1. The van der Waals surface area contributed by atoms with Gasteiger partial charge in [-0.3, -0.25) is 0 Å². The zero-order valence-electron chi connectivity index (χ0n) is 16.1. The number of likely N-dealkylation sites (tertiary alicyclic amines) is 1. The molecule has 2 bridgehead atoms. The molecule has 0 saturated carbocycles. The number of amides is 2. The average Bonchev–Trinajstić information content (AvgIpc) is 3.26. The van der Waals surface area contributed by atoms with E-state index >= 15 is 0 Å². The third kappa shape index (κ3) is 4.00. The summed E-state index contributed by atoms with van der Waals surface area (Å²) in [5.41, 5.74) is 2.05. The second kappa shape index (κ2) is 8.13. The van der Waals surface area contributed by atoms with Crippen LogP contribution in [0.4, 0.5) is 4.79 Å². The molecule has 1 aromatic carbocycles. The van der Waals surface area contributed by atoms with Gasteiger partial charge in [-0.1, -0.05) is 25.1 Å². The first-order valence-electron chi connectivity index (χ1n) is 10.1. The fourth-order valence-corrected chi connectivity index (χ4v) is 4.37. The summed E-state index contributed by atoms with van der Waals surface area (Å²) in [5, 5.41) is 7.74. The van der Waals surface area contributed by atoms with Crippen molar-refractivity contribution in [1.29, 1.82) is 0 Å². The van der Waals surface area contributed by atoms with Crippen molar-refractivity contribution >= 4 is 6.03 Å². The van der Waals surface area contributed by atoms with Gasteiger partial charge >= 0.3 is 6.03 Å². The highest BCUT2D eigenvalue weighted by Gasteiger charge is 2.39. The highest BCUT2D eigenvalue weighted by atomic mass is 16.2. The van der Waals surface area contributed by atoms with Gasteiger partial charge in [0, 0.05) is 44.3 Å². The first-order valence-corrected chi connectivity index (χ1v) is 10.1. The second-order valence-electron chi connectivity index (χ2n) is 7.54. The van der Waals surface area contributed by atoms with Gasteiger partial charge < -0.3 is 15.1 Å². The molecule has 2 aromatic rings. The van der Waals surface area contributed by atoms with Crippen LogP contribution in [0.2, 0.25) is 0 Å². The lowest BCUT2D eigenvalue weighted by Gasteiger charge is -2.28. The number of urea groups is 1. The van der Waals surface area contributed by atoms with Gasteiger partial charge in [0.25, 0.3) is 0 Å². The van der Waals surface area contributed by atoms with Gasteiger partial charge in [-0.2, -0.15) is 5.10 Å². The number of hydrogen-bond acceptors (Lipinski definition) is 3. The number of hydrogen-bond donors (Lipinski definition) is 1. The van der Waals surface area contributed by atoms with Crippen molar-refractivity contribution in [3.05, 3.63) is 48.3 Å². The predicted octanol–water partition coefficient (Wildman–Crippen LogP) is 2.68. The van der Waals surface area contributed by atoms with E-state index in [0.717, 1.165) is 56.7 Å². The lowest BCUT2D eigenvalue weighted by Crippen LogP contribution is -2.48. The molecule has 6 heteroatoms. The molecule has 6 nitrogen and oxygen atoms in total. The Morgan fingerprint density at radius 2 is 1.96 bits per heavy atom. The van der Waals surface area contributed by atoms with Gasteiger partial charge in [0.1, 0.15) is 0 Å². The van der Waals surface area contributed by atoms with E-state index in [9.17, 15) is 4.79 Å². The van der Waals surface area contributed by atoms with Crippen LogP contribution < -0.4 is 5.32 Å². The van der Waals surface area contributed by atoms with E-state index in [2.05, 4.69) is 27.1 Å². The third-order valence-electron chi connectivity index (χ3n) is 5.87. The van der Waals surface area contributed by atoms with Crippen LogP contribution in [0.3, 0.4) is 0 Å². The van der Waals surface area contributed by atoms with Gasteiger partial charge in [-0.05, 0) is 44.0 Å². The molecule has 2 aliphatic rings. The number of rotatable bonds is 5. The van der Waals surface area contributed by atoms with Gasteiger partial charge in [-0.15, -0.1) is 0 Å². The average molecular weight is 367 g/mol. The molecule has 144 valence electrons. The Balaban J connectivity index is 1.30. The molecule has 2 unspecified atom stereocenters. The summed E-state index contributed by atoms with van der Waals surface area (Å²) in [6, 6.07) is 13.0. The lowest BCUT2D eigenvalue weighted by molar-refractivity contribution is 0.171. The molecule has 0 aliphatic carbocycles. The first kappa shape index (κ1) is 18.0. The van der Waals surface area contributed by atoms with Crippen molar-refractivity contribution < 1.29 is 4.79 Å². The predicted molar refractivity (Wildman–Crippen MR) is 106 cm³/mol. The van der Waals surface area contributed by atoms with Crippen LogP contribution in [-0.4, -0.2) is 63.9 Å². The molecule has 0 spiro atoms. The van der Waals surface area contributed by atoms with Gasteiger partial charge in [0.05, 0.1) is 11.4 Å². The highest BCUT2D eigenvalue weighted by molar-refractivity contribution is 5.75. The molecule has 1 N–H and O–H groups in total. The number of benzene rings is 1. The highest BCUT2D eigenvalue weighted by Crippen LogP contribution is 2.30. The topological polar surface area (TPSA) is 53.4 Å². The Kier molecular flexibility index (Phi) is 5.43. The molecule has 4 rings (SSSR count). The van der Waals surface area contributed by atoms with Gasteiger partial charge in [0.15, 0.2) is 0 Å². The van der Waals surface area contributed by atoms with E-state index in [4.69, 9.17) is 0 Å². The summed E-state index contributed by atoms with van der Waals surface area (Å²) in [5.74, 6) is 0. The Morgan fingerprint density at radius 3 is 2.78 bits per heavy atom. The Morgan fingerprint density at radius 1 is 1.15 bits per heavy atom. The summed E-state index contributed by atoms with van der Waals surface area (Å²) < 4.78 is 1.88. The van der Waals surface area contributed by atoms with Crippen LogP contribution in [0, 0.1) is 0 Å². The fraction of sp³-hybridized carbons (Fsp3) is 0.524. The summed E-state index contributed by atoms with van der Waals surface area (Å²) in [6.07, 6.45) is 6.10. The summed E-state index contributed by atoms with van der Waals surface area (Å²) in [6.45, 7) is 6.03. The fourth-order valence-electron chi connectivity index (χ4n) is 4.37. The van der Waals surface area contributed by atoms with Crippen molar-refractivity contribution in [3.63, 3.8) is 0 Å². The second-order valence-corrected chi connectivity index (χ2v) is 7.54. The van der Waals surface area contributed by atoms with Crippen molar-refractivity contribution in [1.82, 2.24) is 24.9 Å². The van der Waals surface area contributed by atoms with E-state index in [1.165, 1.54) is 0 Å². The van der Waals surface area contributed by atoms with Crippen LogP contribution in [0.5, 0.6) is 0 Å². The van der Waals surface area contributed by atoms with Crippen molar-refractivity contribution in [2.45, 2.75) is 44.7 Å². The minimum atomic E-state index is 0.0999. The molecule has 3 heterocycles. The molecule has 2 atom stereocenters. The zero-order valence-corrected chi connectivity index (χ0v) is 16.1. The van der Waals surface area contributed by atoms with Gasteiger partial charge in [-0.25, -0.2) is 9.48 Å². The van der Waals surface area contributed by atoms with E-state index in [1.807, 2.05) is 47.3 Å². The molecule has 2 aliphatic heterocycles. The number of carbonyl (C=O) groups is 1. The number of likely N-dealkylation sites (N-methyl/N-ethyl adjacent to an activating group) is 1. The Labute approximate surface area is 161 Å². The number of aromatic nitrogens is 2.